The Hall–Kier alpha value is -7.86. The normalized spacial score (nSPS) is 15.9. The lowest BCUT2D eigenvalue weighted by atomic mass is 9.81. The molecule has 3 aromatic heterocycles. The van der Waals surface area contributed by atoms with Gasteiger partial charge in [-0.15, -0.1) is 34.0 Å². The summed E-state index contributed by atoms with van der Waals surface area (Å²) in [5.74, 6) is -7.22. The highest BCUT2D eigenvalue weighted by molar-refractivity contribution is 7.86. The molecule has 6 unspecified atom stereocenters. The number of rotatable bonds is 27. The third-order valence-corrected chi connectivity index (χ3v) is 23.6. The molecule has 2 saturated heterocycles. The number of carbonyl (C=O) groups excluding carboxylic acids is 4. The molecule has 6 atom stereocenters. The van der Waals surface area contributed by atoms with Crippen molar-refractivity contribution in [3.8, 4) is 21.1 Å². The number of aliphatic hydroxyl groups excluding tert-OH is 4. The van der Waals surface area contributed by atoms with E-state index in [1.54, 1.807) is 101 Å². The van der Waals surface area contributed by atoms with Gasteiger partial charge in [0.05, 0.1) is 111 Å². The van der Waals surface area contributed by atoms with Gasteiger partial charge in [-0.05, 0) is 222 Å². The zero-order valence-corrected chi connectivity index (χ0v) is 87.0. The summed E-state index contributed by atoms with van der Waals surface area (Å²) in [6.45, 7) is 44.6. The first-order valence-corrected chi connectivity index (χ1v) is 51.1. The summed E-state index contributed by atoms with van der Waals surface area (Å²) in [7, 11) is -6.35. The average Bonchev–Trinajstić information content (AvgIpc) is 1.72. The Morgan fingerprint density at radius 2 is 1.01 bits per heavy atom. The summed E-state index contributed by atoms with van der Waals surface area (Å²) in [4.78, 5) is 60.6. The van der Waals surface area contributed by atoms with Crippen LogP contribution in [0.4, 0.5) is 57.5 Å². The third-order valence-electron chi connectivity index (χ3n) is 19.0. The second kappa shape index (κ2) is 70.0. The van der Waals surface area contributed by atoms with Crippen LogP contribution in [-0.4, -0.2) is 222 Å². The molecule has 3 aliphatic rings. The molecule has 5 heterocycles. The quantitative estimate of drug-likeness (QED) is 0.0122. The smallest absolute Gasteiger partial charge is 0.416 e. The molecule has 0 spiro atoms. The molecule has 3 fully saturated rings. The average molecular weight is 2110 g/mol. The number of aryl methyl sites for hydroxylation is 4. The first-order chi connectivity index (χ1) is 64.4. The lowest BCUT2D eigenvalue weighted by Crippen LogP contribution is -2.55. The predicted molar refractivity (Wildman–Crippen MR) is 522 cm³/mol. The number of aliphatic hydroxyl groups is 4. The van der Waals surface area contributed by atoms with Gasteiger partial charge in [0.2, 0.25) is 0 Å². The maximum atomic E-state index is 13.2. The van der Waals surface area contributed by atoms with Crippen LogP contribution >= 0.6 is 34.0 Å². The molecule has 4 aromatic carbocycles. The number of thiazole rings is 2. The molecule has 43 heteroatoms. The molecule has 1 amide bonds. The highest BCUT2D eigenvalue weighted by Gasteiger charge is 2.43. The van der Waals surface area contributed by atoms with Crippen molar-refractivity contribution >= 4 is 78.2 Å². The van der Waals surface area contributed by atoms with E-state index >= 15 is 0 Å². The number of ether oxygens (including phenoxy) is 8. The summed E-state index contributed by atoms with van der Waals surface area (Å²) < 4.78 is 244. The zero-order chi connectivity index (χ0) is 106. The van der Waals surface area contributed by atoms with E-state index in [0.717, 1.165) is 65.8 Å². The molecule has 1 saturated carbocycles. The summed E-state index contributed by atoms with van der Waals surface area (Å²) in [5, 5.41) is 40.2. The van der Waals surface area contributed by atoms with Crippen LogP contribution in [0.15, 0.2) is 72.1 Å². The number of hydrogen-bond donors (Lipinski definition) is 4. The van der Waals surface area contributed by atoms with Crippen LogP contribution in [0.3, 0.4) is 0 Å². The van der Waals surface area contributed by atoms with Gasteiger partial charge in [0.15, 0.2) is 23.3 Å². The first kappa shape index (κ1) is 136. The van der Waals surface area contributed by atoms with E-state index in [-0.39, 0.29) is 83.1 Å². The number of nitrogens with zero attached hydrogens (tertiary/aromatic N) is 4. The van der Waals surface area contributed by atoms with E-state index in [4.69, 9.17) is 43.0 Å². The number of likely N-dealkylation sites (tertiary alicyclic amines) is 2. The molecule has 2 aliphatic heterocycles. The number of hydrogen-bond acceptors (Lipinski definition) is 28. The molecule has 140 heavy (non-hydrogen) atoms. The predicted octanol–water partition coefficient (Wildman–Crippen LogP) is 22.3. The van der Waals surface area contributed by atoms with Crippen molar-refractivity contribution in [1.29, 1.82) is 0 Å². The van der Waals surface area contributed by atoms with Crippen molar-refractivity contribution in [3.05, 3.63) is 172 Å². The van der Waals surface area contributed by atoms with Crippen molar-refractivity contribution in [2.24, 2.45) is 11.8 Å². The SMILES string of the molecule is C.C.CCCC(C)C.CCN1CCCC1.CCOC(=O)C1CCCN1C(=O)OC(C)(C)C.CCOC(=O)c1cccs1.CCOC(=O)c1sc(-c2ccc(C)c(C(F)(F)F)c2)nc1C.CCOC1CC(CO)C(O)C(O)C1O.CCOCc1c(F)c(F)c(C)c(F)c1F.CCOCc1c(F)cccc1F.CCOCc1sc(-c2ccc(C)c(C(F)(F)F)c2)nc1C.CCOS(C)(=O)=O.CCOS(C)(=O)=O. The van der Waals surface area contributed by atoms with Crippen LogP contribution in [0, 0.1) is 81.4 Å². The summed E-state index contributed by atoms with van der Waals surface area (Å²) in [5.41, 5.74) is -0.782. The number of thiophene rings is 1. The van der Waals surface area contributed by atoms with Crippen molar-refractivity contribution in [2.45, 2.75) is 273 Å². The highest BCUT2D eigenvalue weighted by Crippen LogP contribution is 2.39. The molecule has 1 aliphatic carbocycles. The monoisotopic (exact) mass is 2110 g/mol. The Balaban J connectivity index is -0.00000151. The Morgan fingerprint density at radius 3 is 1.39 bits per heavy atom. The molecule has 10 rings (SSSR count). The fraction of sp³-hybridized carbons (Fsp3) is 0.608. The van der Waals surface area contributed by atoms with Crippen LogP contribution in [0.25, 0.3) is 21.1 Å². The minimum absolute atomic E-state index is 0. The molecule has 26 nitrogen and oxygen atoms in total. The minimum atomic E-state index is -4.42. The van der Waals surface area contributed by atoms with Gasteiger partial charge >= 0.3 is 36.4 Å². The number of esters is 3. The van der Waals surface area contributed by atoms with E-state index in [1.165, 1.54) is 117 Å². The standard InChI is InChI=1S/C15H14F3NO2S.C15H16F3NOS.C12H21NO4.C10H10F4O.C9H10F2O.C9H18O5.C7H8O2S.C6H13N.C6H14.2C3H8O3S.2CH4/c1-4-21-14(20)12-9(3)19-13(22-12)10-6-5-8(2)11(7-10)15(16,17)18;1-4-20-8-13-10(3)19-14(21-13)11-6-5-9(2)12(7-11)15(16,17)18;1-5-16-10(14)9-7-6-8-13(9)11(15)17-12(2,3)4;1-3-15-4-6-9(13)7(11)5(2)8(12)10(6)14;1-2-12-6-7-8(10)4-3-5-9(7)11;1-2-14-6-3-5(4-10)7(11)9(13)8(6)12;1-2-9-7(8)6-4-3-5-10-6;1-2-7-5-3-4-6-7;1-4-5-6(2)3;2*1-3-6-7(2,4)5;;/h5-7H,4H2,1-3H3;5-7H,4,8H2,1-3H3;9H,5-8H2,1-4H3;3-4H2,1-2H3;3-5H,2,6H2,1H3;5-13H,2-4H2,1H3;3-5H,2H2,1H3;2-6H2,1H3;6H,4-5H2,1-3H3;2*3H2,1-2H3;2*1H4. The number of aromatic nitrogens is 2. The summed E-state index contributed by atoms with van der Waals surface area (Å²) in [6, 6.07) is 15.2. The van der Waals surface area contributed by atoms with E-state index < -0.39 is 150 Å². The van der Waals surface area contributed by atoms with Gasteiger partial charge in [0.1, 0.15) is 55.3 Å². The van der Waals surface area contributed by atoms with Gasteiger partial charge in [-0.2, -0.15) is 43.2 Å². The van der Waals surface area contributed by atoms with Crippen LogP contribution in [0.5, 0.6) is 0 Å². The molecule has 0 bridgehead atoms. The van der Waals surface area contributed by atoms with Crippen LogP contribution < -0.4 is 0 Å². The second-order valence-corrected chi connectivity index (χ2v) is 38.0. The van der Waals surface area contributed by atoms with Crippen molar-refractivity contribution < 1.29 is 155 Å². The van der Waals surface area contributed by atoms with E-state index in [2.05, 4.69) is 50.9 Å². The Bertz CT molecular complexity index is 4830. The number of benzene rings is 4. The topological polar surface area (TPSA) is 342 Å². The number of alkyl halides is 6. The van der Waals surface area contributed by atoms with Gasteiger partial charge in [-0.25, -0.2) is 55.5 Å². The number of halogens is 12. The van der Waals surface area contributed by atoms with Gasteiger partial charge < -0.3 is 63.2 Å². The Labute approximate surface area is 831 Å². The van der Waals surface area contributed by atoms with E-state index in [1.807, 2.05) is 25.3 Å². The maximum Gasteiger partial charge on any atom is 0.416 e. The first-order valence-electron chi connectivity index (χ1n) is 44.9. The van der Waals surface area contributed by atoms with Crippen LogP contribution in [-0.2, 0) is 103 Å². The van der Waals surface area contributed by atoms with Gasteiger partial charge in [-0.1, -0.05) is 91.8 Å². The fourth-order valence-electron chi connectivity index (χ4n) is 12.2. The van der Waals surface area contributed by atoms with Gasteiger partial charge in [0, 0.05) is 67.8 Å². The zero-order valence-electron chi connectivity index (χ0n) is 82.9. The maximum absolute atomic E-state index is 13.2. The Kier molecular flexibility index (Phi) is 68.1. The van der Waals surface area contributed by atoms with Gasteiger partial charge in [0.25, 0.3) is 20.2 Å². The Morgan fingerprint density at radius 1 is 0.543 bits per heavy atom. The van der Waals surface area contributed by atoms with Crippen LogP contribution in [0.2, 0.25) is 0 Å². The highest BCUT2D eigenvalue weighted by atomic mass is 32.2. The van der Waals surface area contributed by atoms with Crippen LogP contribution in [0.1, 0.15) is 245 Å². The lowest BCUT2D eigenvalue weighted by molar-refractivity contribution is -0.176. The van der Waals surface area contributed by atoms with Gasteiger partial charge in [-0.3, -0.25) is 13.3 Å². The second-order valence-electron chi connectivity index (χ2n) is 31.7. The molecule has 7 aromatic rings. The van der Waals surface area contributed by atoms with Crippen molar-refractivity contribution in [2.75, 3.05) is 105 Å². The summed E-state index contributed by atoms with van der Waals surface area (Å²) in [6.07, 6.45) is -3.67. The third kappa shape index (κ3) is 52.1. The van der Waals surface area contributed by atoms with E-state index in [0.29, 0.717) is 95.6 Å². The minimum Gasteiger partial charge on any atom is -0.464 e. The van der Waals surface area contributed by atoms with Crippen molar-refractivity contribution in [3.63, 3.8) is 0 Å². The fourth-order valence-corrected chi connectivity index (χ4v) is 15.7. The number of carbonyl (C=O) groups is 4. The lowest BCUT2D eigenvalue weighted by Gasteiger charge is -2.39. The molecule has 0 radical (unpaired) electrons. The molecule has 802 valence electrons. The molecular weight excluding hydrogens is 1960 g/mol. The number of amides is 1. The summed E-state index contributed by atoms with van der Waals surface area (Å²) >= 11 is 3.80. The van der Waals surface area contributed by atoms with Crippen molar-refractivity contribution in [1.82, 2.24) is 19.8 Å². The van der Waals surface area contributed by atoms with E-state index in [9.17, 15) is 104 Å². The molecule has 4 N–H and O–H groups in total. The molecular formula is C97H148F12N4O22S5. The largest absolute Gasteiger partial charge is 0.464 e.